The standard InChI is InChI=1S/C17H24N2O6/c1-10(2)13(15(21)18-14(11(3)20)16(22)23)19-17(24)25-9-12-7-5-4-6-8-12/h4-8,10-11,13-14,20H,9H2,1-3H3,(H,18,21)(H,19,24)(H,22,23)/t11-,13+,14+/m1/s1. The smallest absolute Gasteiger partial charge is 0.408 e. The van der Waals surface area contributed by atoms with Crippen LogP contribution in [-0.4, -0.2) is 46.4 Å². The van der Waals surface area contributed by atoms with Crippen molar-refractivity contribution in [2.24, 2.45) is 5.92 Å². The summed E-state index contributed by atoms with van der Waals surface area (Å²) in [7, 11) is 0. The van der Waals surface area contributed by atoms with Gasteiger partial charge in [0.1, 0.15) is 12.6 Å². The number of benzene rings is 1. The zero-order valence-corrected chi connectivity index (χ0v) is 14.4. The average Bonchev–Trinajstić information content (AvgIpc) is 2.55. The van der Waals surface area contributed by atoms with Gasteiger partial charge in [0.2, 0.25) is 5.91 Å². The van der Waals surface area contributed by atoms with Gasteiger partial charge in [0.15, 0.2) is 6.04 Å². The van der Waals surface area contributed by atoms with Crippen molar-refractivity contribution in [3.8, 4) is 0 Å². The van der Waals surface area contributed by atoms with E-state index in [1.165, 1.54) is 6.92 Å². The highest BCUT2D eigenvalue weighted by Gasteiger charge is 2.31. The first-order valence-electron chi connectivity index (χ1n) is 7.90. The van der Waals surface area contributed by atoms with Gasteiger partial charge in [0.05, 0.1) is 6.10 Å². The highest BCUT2D eigenvalue weighted by molar-refractivity contribution is 5.89. The number of carbonyl (C=O) groups excluding carboxylic acids is 2. The van der Waals surface area contributed by atoms with Crippen LogP contribution in [0.25, 0.3) is 0 Å². The predicted molar refractivity (Wildman–Crippen MR) is 89.6 cm³/mol. The maximum absolute atomic E-state index is 12.3. The van der Waals surface area contributed by atoms with Gasteiger partial charge in [0.25, 0.3) is 0 Å². The van der Waals surface area contributed by atoms with Gasteiger partial charge in [-0.3, -0.25) is 4.79 Å². The highest BCUT2D eigenvalue weighted by atomic mass is 16.5. The van der Waals surface area contributed by atoms with Crippen molar-refractivity contribution in [1.29, 1.82) is 0 Å². The Balaban J connectivity index is 2.64. The molecule has 8 nitrogen and oxygen atoms in total. The summed E-state index contributed by atoms with van der Waals surface area (Å²) in [6.07, 6.45) is -2.07. The molecule has 1 aromatic carbocycles. The van der Waals surface area contributed by atoms with Crippen molar-refractivity contribution in [1.82, 2.24) is 10.6 Å². The molecule has 8 heteroatoms. The fourth-order valence-electron chi connectivity index (χ4n) is 2.06. The van der Waals surface area contributed by atoms with E-state index in [1.807, 2.05) is 18.2 Å². The Labute approximate surface area is 146 Å². The van der Waals surface area contributed by atoms with E-state index >= 15 is 0 Å². The van der Waals surface area contributed by atoms with Crippen LogP contribution in [0, 0.1) is 5.92 Å². The van der Waals surface area contributed by atoms with Crippen LogP contribution >= 0.6 is 0 Å². The average molecular weight is 352 g/mol. The molecule has 4 N–H and O–H groups in total. The number of hydrogen-bond donors (Lipinski definition) is 4. The maximum Gasteiger partial charge on any atom is 0.408 e. The fraction of sp³-hybridized carbons (Fsp3) is 0.471. The summed E-state index contributed by atoms with van der Waals surface area (Å²) in [5.41, 5.74) is 0.795. The molecule has 0 saturated carbocycles. The second-order valence-corrected chi connectivity index (χ2v) is 5.99. The Bertz CT molecular complexity index is 588. The molecule has 1 rings (SSSR count). The molecular formula is C17H24N2O6. The number of rotatable bonds is 8. The Kier molecular flexibility index (Phi) is 7.87. The molecule has 0 spiro atoms. The Morgan fingerprint density at radius 1 is 1.04 bits per heavy atom. The molecule has 0 aromatic heterocycles. The summed E-state index contributed by atoms with van der Waals surface area (Å²) in [4.78, 5) is 35.2. The predicted octanol–water partition coefficient (Wildman–Crippen LogP) is 0.888. The van der Waals surface area contributed by atoms with Crippen molar-refractivity contribution >= 4 is 18.0 Å². The van der Waals surface area contributed by atoms with E-state index in [0.717, 1.165) is 5.56 Å². The van der Waals surface area contributed by atoms with Crippen molar-refractivity contribution in [2.75, 3.05) is 0 Å². The monoisotopic (exact) mass is 352 g/mol. The van der Waals surface area contributed by atoms with Crippen LogP contribution in [0.5, 0.6) is 0 Å². The minimum absolute atomic E-state index is 0.0462. The second-order valence-electron chi connectivity index (χ2n) is 5.99. The van der Waals surface area contributed by atoms with Crippen molar-refractivity contribution in [2.45, 2.75) is 45.6 Å². The van der Waals surface area contributed by atoms with Gasteiger partial charge in [0, 0.05) is 0 Å². The van der Waals surface area contributed by atoms with E-state index in [-0.39, 0.29) is 12.5 Å². The molecule has 3 atom stereocenters. The summed E-state index contributed by atoms with van der Waals surface area (Å²) in [5.74, 6) is -2.38. The number of carboxylic acid groups (broad SMARTS) is 1. The Morgan fingerprint density at radius 3 is 2.12 bits per heavy atom. The molecule has 0 saturated heterocycles. The largest absolute Gasteiger partial charge is 0.480 e. The summed E-state index contributed by atoms with van der Waals surface area (Å²) >= 11 is 0. The molecule has 0 fully saturated rings. The van der Waals surface area contributed by atoms with Gasteiger partial charge in [-0.2, -0.15) is 0 Å². The van der Waals surface area contributed by atoms with E-state index in [9.17, 15) is 19.5 Å². The van der Waals surface area contributed by atoms with E-state index in [0.29, 0.717) is 0 Å². The third-order valence-corrected chi connectivity index (χ3v) is 3.48. The van der Waals surface area contributed by atoms with Gasteiger partial charge in [-0.25, -0.2) is 9.59 Å². The number of alkyl carbamates (subject to hydrolysis) is 1. The van der Waals surface area contributed by atoms with E-state index in [2.05, 4.69) is 10.6 Å². The summed E-state index contributed by atoms with van der Waals surface area (Å²) in [6, 6.07) is 6.58. The third kappa shape index (κ3) is 6.80. The van der Waals surface area contributed by atoms with Gasteiger partial charge < -0.3 is 25.6 Å². The number of carboxylic acids is 1. The molecule has 1 aromatic rings. The highest BCUT2D eigenvalue weighted by Crippen LogP contribution is 2.06. The van der Waals surface area contributed by atoms with Crippen LogP contribution in [0.1, 0.15) is 26.3 Å². The first-order valence-corrected chi connectivity index (χ1v) is 7.90. The Hall–Kier alpha value is -2.61. The van der Waals surface area contributed by atoms with E-state index in [1.54, 1.807) is 26.0 Å². The van der Waals surface area contributed by atoms with Crippen molar-refractivity contribution < 1.29 is 29.3 Å². The zero-order chi connectivity index (χ0) is 19.0. The van der Waals surface area contributed by atoms with Gasteiger partial charge in [-0.1, -0.05) is 44.2 Å². The number of carbonyl (C=O) groups is 3. The summed E-state index contributed by atoms with van der Waals surface area (Å²) in [5, 5.41) is 23.1. The molecule has 0 radical (unpaired) electrons. The summed E-state index contributed by atoms with van der Waals surface area (Å²) < 4.78 is 5.06. The zero-order valence-electron chi connectivity index (χ0n) is 14.4. The van der Waals surface area contributed by atoms with Crippen LogP contribution in [-0.2, 0) is 20.9 Å². The topological polar surface area (TPSA) is 125 Å². The van der Waals surface area contributed by atoms with Gasteiger partial charge in [-0.15, -0.1) is 0 Å². The number of aliphatic carboxylic acids is 1. The molecule has 0 aliphatic rings. The maximum atomic E-state index is 12.3. The van der Waals surface area contributed by atoms with Crippen molar-refractivity contribution in [3.63, 3.8) is 0 Å². The molecular weight excluding hydrogens is 328 g/mol. The van der Waals surface area contributed by atoms with Crippen molar-refractivity contribution in [3.05, 3.63) is 35.9 Å². The van der Waals surface area contributed by atoms with Gasteiger partial charge in [-0.05, 0) is 18.4 Å². The lowest BCUT2D eigenvalue weighted by molar-refractivity contribution is -0.145. The number of nitrogens with one attached hydrogen (secondary N) is 2. The first kappa shape index (κ1) is 20.4. The van der Waals surface area contributed by atoms with Crippen LogP contribution in [0.2, 0.25) is 0 Å². The van der Waals surface area contributed by atoms with E-state index < -0.39 is 36.2 Å². The van der Waals surface area contributed by atoms with Crippen LogP contribution in [0.4, 0.5) is 4.79 Å². The lowest BCUT2D eigenvalue weighted by Gasteiger charge is -2.24. The normalized spacial score (nSPS) is 14.3. The molecule has 0 heterocycles. The Morgan fingerprint density at radius 2 is 1.64 bits per heavy atom. The number of ether oxygens (including phenoxy) is 1. The quantitative estimate of drug-likeness (QED) is 0.551. The van der Waals surface area contributed by atoms with Crippen LogP contribution in [0.3, 0.4) is 0 Å². The minimum atomic E-state index is -1.46. The molecule has 138 valence electrons. The number of aliphatic hydroxyl groups excluding tert-OH is 1. The van der Waals surface area contributed by atoms with Crippen LogP contribution in [0.15, 0.2) is 30.3 Å². The molecule has 0 aliphatic carbocycles. The second kappa shape index (κ2) is 9.63. The first-order chi connectivity index (χ1) is 11.7. The summed E-state index contributed by atoms with van der Waals surface area (Å²) in [6.45, 7) is 4.69. The van der Waals surface area contributed by atoms with E-state index in [4.69, 9.17) is 9.84 Å². The molecule has 0 unspecified atom stereocenters. The lowest BCUT2D eigenvalue weighted by atomic mass is 10.0. The fourth-order valence-corrected chi connectivity index (χ4v) is 2.06. The van der Waals surface area contributed by atoms with Gasteiger partial charge >= 0.3 is 12.1 Å². The number of hydrogen-bond acceptors (Lipinski definition) is 5. The molecule has 2 amide bonds. The SMILES string of the molecule is CC(C)[C@H](NC(=O)OCc1ccccc1)C(=O)N[C@H](C(=O)O)[C@@H](C)O. The molecule has 0 aliphatic heterocycles. The number of amides is 2. The van der Waals surface area contributed by atoms with Crippen LogP contribution < -0.4 is 10.6 Å². The lowest BCUT2D eigenvalue weighted by Crippen LogP contribution is -2.56. The molecule has 0 bridgehead atoms. The minimum Gasteiger partial charge on any atom is -0.480 e. The number of aliphatic hydroxyl groups is 1. The third-order valence-electron chi connectivity index (χ3n) is 3.48. The molecule has 25 heavy (non-hydrogen) atoms.